The van der Waals surface area contributed by atoms with Crippen LogP contribution in [0.5, 0.6) is 0 Å². The molecule has 2 aromatic heterocycles. The van der Waals surface area contributed by atoms with Crippen molar-refractivity contribution in [3.8, 4) is 0 Å². The summed E-state index contributed by atoms with van der Waals surface area (Å²) in [4.78, 5) is 28.4. The maximum Gasteiger partial charge on any atom is 0.288 e. The predicted octanol–water partition coefficient (Wildman–Crippen LogP) is 1.86. The Labute approximate surface area is 174 Å². The summed E-state index contributed by atoms with van der Waals surface area (Å²) in [6.07, 6.45) is 2.48. The number of aromatic nitrogens is 5. The lowest BCUT2D eigenvalue weighted by atomic mass is 9.97. The van der Waals surface area contributed by atoms with Crippen LogP contribution < -0.4 is 10.6 Å². The Morgan fingerprint density at radius 3 is 2.63 bits per heavy atom. The molecular weight excluding hydrogens is 382 g/mol. The Hall–Kier alpha value is -3.49. The van der Waals surface area contributed by atoms with Crippen LogP contribution in [0.1, 0.15) is 52.9 Å². The van der Waals surface area contributed by atoms with Gasteiger partial charge in [-0.3, -0.25) is 9.59 Å². The Morgan fingerprint density at radius 2 is 1.90 bits per heavy atom. The number of amides is 2. The van der Waals surface area contributed by atoms with E-state index in [1.807, 2.05) is 35.9 Å². The van der Waals surface area contributed by atoms with Crippen LogP contribution in [0.4, 0.5) is 5.82 Å². The van der Waals surface area contributed by atoms with Crippen molar-refractivity contribution in [1.29, 1.82) is 0 Å². The van der Waals surface area contributed by atoms with Crippen LogP contribution >= 0.6 is 0 Å². The maximum absolute atomic E-state index is 11.5. The van der Waals surface area contributed by atoms with Gasteiger partial charge in [0.1, 0.15) is 11.6 Å². The molecule has 30 heavy (non-hydrogen) atoms. The van der Waals surface area contributed by atoms with E-state index < -0.39 is 5.91 Å². The molecule has 1 aromatic carbocycles. The molecule has 5 rings (SSSR count). The quantitative estimate of drug-likeness (QED) is 0.697. The van der Waals surface area contributed by atoms with E-state index in [2.05, 4.69) is 27.3 Å². The Kier molecular flexibility index (Phi) is 5.35. The van der Waals surface area contributed by atoms with E-state index in [-0.39, 0.29) is 17.6 Å². The lowest BCUT2D eigenvalue weighted by Crippen LogP contribution is -2.25. The molecule has 0 aliphatic carbocycles. The van der Waals surface area contributed by atoms with Gasteiger partial charge in [-0.1, -0.05) is 30.3 Å². The number of hydrogen-bond acceptors (Lipinski definition) is 5. The fourth-order valence-corrected chi connectivity index (χ4v) is 3.90. The molecular formula is C21H25N7O2. The summed E-state index contributed by atoms with van der Waals surface area (Å²) in [5, 5.41) is 8.42. The zero-order chi connectivity index (χ0) is 21.3. The van der Waals surface area contributed by atoms with Crippen LogP contribution in [0.3, 0.4) is 0 Å². The summed E-state index contributed by atoms with van der Waals surface area (Å²) in [6, 6.07) is 12.1. The summed E-state index contributed by atoms with van der Waals surface area (Å²) in [5.74, 6) is 1.69. The number of hydrogen-bond donors (Lipinski definition) is 1. The molecule has 0 fully saturated rings. The molecule has 1 unspecified atom stereocenters. The largest absolute Gasteiger partial charge is 0.363 e. The van der Waals surface area contributed by atoms with Gasteiger partial charge in [0.15, 0.2) is 0 Å². The van der Waals surface area contributed by atoms with Crippen molar-refractivity contribution in [2.45, 2.75) is 45.2 Å². The van der Waals surface area contributed by atoms with E-state index >= 15 is 0 Å². The van der Waals surface area contributed by atoms with Gasteiger partial charge in [0.2, 0.25) is 11.7 Å². The fourth-order valence-electron chi connectivity index (χ4n) is 3.90. The van der Waals surface area contributed by atoms with Crippen molar-refractivity contribution < 1.29 is 9.59 Å². The van der Waals surface area contributed by atoms with Gasteiger partial charge < -0.3 is 10.6 Å². The molecule has 9 nitrogen and oxygen atoms in total. The second kappa shape index (κ2) is 8.10. The van der Waals surface area contributed by atoms with Crippen molar-refractivity contribution in [3.05, 3.63) is 59.3 Å². The molecule has 2 amide bonds. The Bertz CT molecular complexity index is 1070. The number of carbonyl (C=O) groups excluding carboxylic acids is 2. The van der Waals surface area contributed by atoms with Gasteiger partial charge in [-0.2, -0.15) is 5.10 Å². The SMILES string of the molecule is Cc1cc2n(n1)CCCC(=O)N2C.NC(=O)c1nc2n(n1)CCC2c1ccccc1. The topological polar surface area (TPSA) is 112 Å². The molecule has 0 spiro atoms. The zero-order valence-electron chi connectivity index (χ0n) is 17.2. The van der Waals surface area contributed by atoms with E-state index in [1.165, 1.54) is 5.56 Å². The molecule has 156 valence electrons. The first-order valence-corrected chi connectivity index (χ1v) is 10.0. The average Bonchev–Trinajstić information content (AvgIpc) is 3.40. The highest BCUT2D eigenvalue weighted by atomic mass is 16.2. The second-order valence-electron chi connectivity index (χ2n) is 7.56. The number of anilines is 1. The first-order chi connectivity index (χ1) is 14.4. The standard InChI is InChI=1S/C12H12N4O.C9H13N3O/c13-10(17)11-14-12-9(6-7-16(12)15-11)8-4-2-1-3-5-8;1-7-6-8-11(2)9(13)4-3-5-12(8)10-7/h1-5,9H,6-7H2,(H2,13,17);6H,3-5H2,1-2H3. The van der Waals surface area contributed by atoms with Crippen LogP contribution in [0.15, 0.2) is 36.4 Å². The van der Waals surface area contributed by atoms with E-state index in [0.29, 0.717) is 6.42 Å². The van der Waals surface area contributed by atoms with Gasteiger partial charge in [-0.15, -0.1) is 5.10 Å². The number of primary amides is 1. The Balaban J connectivity index is 0.000000151. The van der Waals surface area contributed by atoms with E-state index in [1.54, 1.807) is 16.6 Å². The Morgan fingerprint density at radius 1 is 1.13 bits per heavy atom. The molecule has 4 heterocycles. The van der Waals surface area contributed by atoms with Gasteiger partial charge in [0.25, 0.3) is 5.91 Å². The molecule has 3 aromatic rings. The molecule has 9 heteroatoms. The number of rotatable bonds is 2. The van der Waals surface area contributed by atoms with E-state index in [9.17, 15) is 9.59 Å². The first-order valence-electron chi connectivity index (χ1n) is 10.0. The second-order valence-corrected chi connectivity index (χ2v) is 7.56. The summed E-state index contributed by atoms with van der Waals surface area (Å²) in [7, 11) is 1.81. The number of benzene rings is 1. The predicted molar refractivity (Wildman–Crippen MR) is 111 cm³/mol. The van der Waals surface area contributed by atoms with Crippen LogP contribution in [-0.2, 0) is 17.9 Å². The molecule has 0 saturated carbocycles. The van der Waals surface area contributed by atoms with Gasteiger partial charge in [0, 0.05) is 38.5 Å². The lowest BCUT2D eigenvalue weighted by Gasteiger charge is -2.13. The normalized spacial score (nSPS) is 17.6. The molecule has 2 N–H and O–H groups in total. The maximum atomic E-state index is 11.5. The van der Waals surface area contributed by atoms with Crippen molar-refractivity contribution in [1.82, 2.24) is 24.5 Å². The fraction of sp³-hybridized carbons (Fsp3) is 0.381. The number of nitrogens with two attached hydrogens (primary N) is 1. The lowest BCUT2D eigenvalue weighted by molar-refractivity contribution is -0.118. The van der Waals surface area contributed by atoms with Gasteiger partial charge >= 0.3 is 0 Å². The van der Waals surface area contributed by atoms with Crippen molar-refractivity contribution >= 4 is 17.6 Å². The third-order valence-corrected chi connectivity index (χ3v) is 5.42. The highest BCUT2D eigenvalue weighted by Gasteiger charge is 2.28. The average molecular weight is 407 g/mol. The molecule has 0 saturated heterocycles. The van der Waals surface area contributed by atoms with Crippen molar-refractivity contribution in [2.75, 3.05) is 11.9 Å². The smallest absolute Gasteiger partial charge is 0.288 e. The summed E-state index contributed by atoms with van der Waals surface area (Å²) in [6.45, 7) is 3.58. The number of nitrogens with zero attached hydrogens (tertiary/aromatic N) is 6. The minimum absolute atomic E-state index is 0.112. The number of fused-ring (bicyclic) bond motifs is 2. The number of aryl methyl sites for hydroxylation is 3. The van der Waals surface area contributed by atoms with E-state index in [4.69, 9.17) is 5.73 Å². The summed E-state index contributed by atoms with van der Waals surface area (Å²) in [5.41, 5.74) is 7.35. The van der Waals surface area contributed by atoms with Gasteiger partial charge in [-0.05, 0) is 25.3 Å². The molecule has 0 bridgehead atoms. The summed E-state index contributed by atoms with van der Waals surface area (Å²) >= 11 is 0. The molecule has 1 atom stereocenters. The highest BCUT2D eigenvalue weighted by Crippen LogP contribution is 2.32. The first kappa shape index (κ1) is 19.8. The van der Waals surface area contributed by atoms with Crippen LogP contribution in [0.2, 0.25) is 0 Å². The molecule has 0 radical (unpaired) electrons. The van der Waals surface area contributed by atoms with Crippen LogP contribution in [0.25, 0.3) is 0 Å². The summed E-state index contributed by atoms with van der Waals surface area (Å²) < 4.78 is 3.68. The monoisotopic (exact) mass is 407 g/mol. The van der Waals surface area contributed by atoms with Crippen LogP contribution in [0, 0.1) is 6.92 Å². The van der Waals surface area contributed by atoms with Crippen molar-refractivity contribution in [3.63, 3.8) is 0 Å². The zero-order valence-corrected chi connectivity index (χ0v) is 17.2. The number of carbonyl (C=O) groups is 2. The minimum Gasteiger partial charge on any atom is -0.363 e. The van der Waals surface area contributed by atoms with Gasteiger partial charge in [0.05, 0.1) is 5.69 Å². The molecule has 2 aliphatic heterocycles. The van der Waals surface area contributed by atoms with Gasteiger partial charge in [-0.25, -0.2) is 14.3 Å². The molecule has 2 aliphatic rings. The highest BCUT2D eigenvalue weighted by molar-refractivity contribution is 5.92. The third kappa shape index (κ3) is 3.83. The van der Waals surface area contributed by atoms with Crippen LogP contribution in [-0.4, -0.2) is 43.4 Å². The third-order valence-electron chi connectivity index (χ3n) is 5.42. The van der Waals surface area contributed by atoms with Crippen molar-refractivity contribution in [2.24, 2.45) is 5.73 Å². The van der Waals surface area contributed by atoms with E-state index in [0.717, 1.165) is 43.3 Å². The minimum atomic E-state index is -0.571.